The fraction of sp³-hybridized carbons (Fsp3) is 0.263. The molecule has 0 bridgehead atoms. The molecule has 0 radical (unpaired) electrons. The van der Waals surface area contributed by atoms with Gasteiger partial charge in [-0.05, 0) is 41.8 Å². The van der Waals surface area contributed by atoms with E-state index >= 15 is 0 Å². The molecule has 3 amide bonds. The fourth-order valence-corrected chi connectivity index (χ4v) is 2.07. The third-order valence-electron chi connectivity index (χ3n) is 3.66. The van der Waals surface area contributed by atoms with Crippen LogP contribution in [0.2, 0.25) is 0 Å². The Labute approximate surface area is 147 Å². The number of carbonyl (C=O) groups excluding carboxylic acids is 2. The fourth-order valence-electron chi connectivity index (χ4n) is 2.07. The number of para-hydroxylation sites is 1. The van der Waals surface area contributed by atoms with Crippen molar-refractivity contribution in [2.45, 2.75) is 26.8 Å². The number of nitrogens with one attached hydrogen (secondary N) is 3. The summed E-state index contributed by atoms with van der Waals surface area (Å²) in [6.45, 7) is 5.74. The highest BCUT2D eigenvalue weighted by atomic mass is 16.2. The third-order valence-corrected chi connectivity index (χ3v) is 3.66. The van der Waals surface area contributed by atoms with Crippen LogP contribution in [0, 0.1) is 5.41 Å². The standard InChI is InChI=1S/C19H24N4O2/c1-19(2,3)16(20)17(24)21-14-9-11-15(12-10-14)23-18(25)22-13-7-5-4-6-8-13/h4-12,16H,20H2,1-3H3,(H,21,24)(H2,22,23,25)/t16-/m1/s1. The highest BCUT2D eigenvalue weighted by molar-refractivity contribution is 6.00. The van der Waals surface area contributed by atoms with Gasteiger partial charge in [-0.3, -0.25) is 4.79 Å². The average molecular weight is 340 g/mol. The van der Waals surface area contributed by atoms with E-state index in [9.17, 15) is 9.59 Å². The first-order valence-electron chi connectivity index (χ1n) is 8.05. The zero-order valence-corrected chi connectivity index (χ0v) is 14.7. The van der Waals surface area contributed by atoms with Crippen LogP contribution in [0.4, 0.5) is 21.9 Å². The van der Waals surface area contributed by atoms with Crippen LogP contribution in [0.25, 0.3) is 0 Å². The molecule has 2 rings (SSSR count). The van der Waals surface area contributed by atoms with Gasteiger partial charge in [0.2, 0.25) is 5.91 Å². The van der Waals surface area contributed by atoms with Crippen molar-refractivity contribution in [1.29, 1.82) is 0 Å². The molecule has 0 unspecified atom stereocenters. The number of amides is 3. The zero-order chi connectivity index (χ0) is 18.4. The summed E-state index contributed by atoms with van der Waals surface area (Å²) in [4.78, 5) is 24.0. The maximum Gasteiger partial charge on any atom is 0.323 e. The van der Waals surface area contributed by atoms with Crippen LogP contribution in [0.5, 0.6) is 0 Å². The van der Waals surface area contributed by atoms with Gasteiger partial charge in [0, 0.05) is 17.1 Å². The number of anilines is 3. The largest absolute Gasteiger partial charge is 0.325 e. The molecule has 0 saturated carbocycles. The Bertz CT molecular complexity index is 721. The summed E-state index contributed by atoms with van der Waals surface area (Å²) in [6.07, 6.45) is 0. The maximum absolute atomic E-state index is 12.1. The molecule has 0 fully saturated rings. The molecule has 132 valence electrons. The van der Waals surface area contributed by atoms with Crippen molar-refractivity contribution in [3.05, 3.63) is 54.6 Å². The van der Waals surface area contributed by atoms with E-state index in [1.54, 1.807) is 36.4 Å². The van der Waals surface area contributed by atoms with E-state index in [4.69, 9.17) is 5.73 Å². The van der Waals surface area contributed by atoms with Crippen molar-refractivity contribution >= 4 is 29.0 Å². The van der Waals surface area contributed by atoms with E-state index in [1.807, 2.05) is 39.0 Å². The lowest BCUT2D eigenvalue weighted by molar-refractivity contribution is -0.119. The van der Waals surface area contributed by atoms with Crippen LogP contribution in [0.3, 0.4) is 0 Å². The van der Waals surface area contributed by atoms with Gasteiger partial charge in [-0.15, -0.1) is 0 Å². The minimum atomic E-state index is -0.609. The van der Waals surface area contributed by atoms with E-state index < -0.39 is 6.04 Å². The second-order valence-corrected chi connectivity index (χ2v) is 6.86. The summed E-state index contributed by atoms with van der Waals surface area (Å²) in [7, 11) is 0. The molecule has 1 atom stereocenters. The predicted molar refractivity (Wildman–Crippen MR) is 102 cm³/mol. The summed E-state index contributed by atoms with van der Waals surface area (Å²) < 4.78 is 0. The summed E-state index contributed by atoms with van der Waals surface area (Å²) >= 11 is 0. The molecular weight excluding hydrogens is 316 g/mol. The quantitative estimate of drug-likeness (QED) is 0.684. The SMILES string of the molecule is CC(C)(C)[C@H](N)C(=O)Nc1ccc(NC(=O)Nc2ccccc2)cc1. The van der Waals surface area contributed by atoms with E-state index in [2.05, 4.69) is 16.0 Å². The Morgan fingerprint density at radius 3 is 1.72 bits per heavy atom. The van der Waals surface area contributed by atoms with Crippen molar-refractivity contribution in [3.8, 4) is 0 Å². The summed E-state index contributed by atoms with van der Waals surface area (Å²) in [5.41, 5.74) is 7.56. The van der Waals surface area contributed by atoms with Gasteiger partial charge in [-0.1, -0.05) is 39.0 Å². The minimum Gasteiger partial charge on any atom is -0.325 e. The number of hydrogen-bond donors (Lipinski definition) is 4. The molecule has 0 spiro atoms. The van der Waals surface area contributed by atoms with E-state index in [-0.39, 0.29) is 17.4 Å². The van der Waals surface area contributed by atoms with Gasteiger partial charge in [0.05, 0.1) is 6.04 Å². The summed E-state index contributed by atoms with van der Waals surface area (Å²) in [5, 5.41) is 8.24. The maximum atomic E-state index is 12.1. The van der Waals surface area contributed by atoms with Crippen LogP contribution >= 0.6 is 0 Å². The minimum absolute atomic E-state index is 0.241. The smallest absolute Gasteiger partial charge is 0.323 e. The lowest BCUT2D eigenvalue weighted by Crippen LogP contribution is -2.45. The first-order valence-corrected chi connectivity index (χ1v) is 8.05. The molecule has 0 saturated heterocycles. The highest BCUT2D eigenvalue weighted by Gasteiger charge is 2.27. The zero-order valence-electron chi connectivity index (χ0n) is 14.7. The number of benzene rings is 2. The topological polar surface area (TPSA) is 96.2 Å². The molecule has 6 nitrogen and oxygen atoms in total. The van der Waals surface area contributed by atoms with Crippen molar-refractivity contribution in [1.82, 2.24) is 0 Å². The molecule has 25 heavy (non-hydrogen) atoms. The van der Waals surface area contributed by atoms with Crippen LogP contribution in [0.1, 0.15) is 20.8 Å². The normalized spacial score (nSPS) is 12.2. The molecule has 0 aliphatic heterocycles. The average Bonchev–Trinajstić information content (AvgIpc) is 2.56. The number of nitrogens with two attached hydrogens (primary N) is 1. The van der Waals surface area contributed by atoms with Gasteiger partial charge in [-0.25, -0.2) is 4.79 Å². The molecular formula is C19H24N4O2. The Morgan fingerprint density at radius 1 is 0.800 bits per heavy atom. The number of rotatable bonds is 4. The highest BCUT2D eigenvalue weighted by Crippen LogP contribution is 2.20. The van der Waals surface area contributed by atoms with Crippen LogP contribution in [-0.4, -0.2) is 18.0 Å². The predicted octanol–water partition coefficient (Wildman–Crippen LogP) is 3.64. The molecule has 0 aliphatic rings. The van der Waals surface area contributed by atoms with E-state index in [0.29, 0.717) is 17.1 Å². The molecule has 2 aromatic rings. The van der Waals surface area contributed by atoms with Gasteiger partial charge >= 0.3 is 6.03 Å². The van der Waals surface area contributed by atoms with Crippen LogP contribution < -0.4 is 21.7 Å². The lowest BCUT2D eigenvalue weighted by atomic mass is 9.87. The molecule has 0 heterocycles. The van der Waals surface area contributed by atoms with Gasteiger partial charge in [0.25, 0.3) is 0 Å². The third kappa shape index (κ3) is 5.61. The second kappa shape index (κ2) is 7.81. The first kappa shape index (κ1) is 18.5. The number of urea groups is 1. The summed E-state index contributed by atoms with van der Waals surface area (Å²) in [6, 6.07) is 15.1. The Kier molecular flexibility index (Phi) is 5.77. The first-order chi connectivity index (χ1) is 11.8. The molecule has 0 aliphatic carbocycles. The van der Waals surface area contributed by atoms with Gasteiger partial charge in [0.15, 0.2) is 0 Å². The number of carbonyl (C=O) groups is 2. The van der Waals surface area contributed by atoms with Crippen molar-refractivity contribution < 1.29 is 9.59 Å². The van der Waals surface area contributed by atoms with Crippen molar-refractivity contribution in [3.63, 3.8) is 0 Å². The molecule has 6 heteroatoms. The van der Waals surface area contributed by atoms with Gasteiger partial charge in [0.1, 0.15) is 0 Å². The molecule has 2 aromatic carbocycles. The Balaban J connectivity index is 1.91. The van der Waals surface area contributed by atoms with Gasteiger partial charge < -0.3 is 21.7 Å². The lowest BCUT2D eigenvalue weighted by Gasteiger charge is -2.25. The monoisotopic (exact) mass is 340 g/mol. The van der Waals surface area contributed by atoms with Crippen molar-refractivity contribution in [2.75, 3.05) is 16.0 Å². The second-order valence-electron chi connectivity index (χ2n) is 6.86. The molecule has 0 aromatic heterocycles. The Morgan fingerprint density at radius 2 is 1.24 bits per heavy atom. The number of hydrogen-bond acceptors (Lipinski definition) is 3. The van der Waals surface area contributed by atoms with E-state index in [0.717, 1.165) is 0 Å². The Hall–Kier alpha value is -2.86. The van der Waals surface area contributed by atoms with E-state index in [1.165, 1.54) is 0 Å². The summed E-state index contributed by atoms with van der Waals surface area (Å²) in [5.74, 6) is -0.241. The van der Waals surface area contributed by atoms with Crippen LogP contribution in [-0.2, 0) is 4.79 Å². The van der Waals surface area contributed by atoms with Gasteiger partial charge in [-0.2, -0.15) is 0 Å². The van der Waals surface area contributed by atoms with Crippen molar-refractivity contribution in [2.24, 2.45) is 11.1 Å². The molecule has 5 N–H and O–H groups in total. The van der Waals surface area contributed by atoms with Crippen LogP contribution in [0.15, 0.2) is 54.6 Å².